The van der Waals surface area contributed by atoms with Crippen LogP contribution in [0.4, 0.5) is 13.2 Å². The molecule has 1 aromatic heterocycles. The Balaban J connectivity index is 2.07. The van der Waals surface area contributed by atoms with Gasteiger partial charge >= 0.3 is 12.1 Å². The zero-order valence-electron chi connectivity index (χ0n) is 10.1. The van der Waals surface area contributed by atoms with Crippen LogP contribution in [0.15, 0.2) is 12.1 Å². The topological polar surface area (TPSA) is 59.4 Å². The summed E-state index contributed by atoms with van der Waals surface area (Å²) < 4.78 is 43.2. The molecule has 1 aromatic rings. The minimum Gasteiger partial charge on any atom is -0.491 e. The van der Waals surface area contributed by atoms with Crippen LogP contribution in [0.1, 0.15) is 29.0 Å². The molecule has 7 heteroatoms. The van der Waals surface area contributed by atoms with E-state index in [2.05, 4.69) is 4.98 Å². The number of pyridine rings is 1. The van der Waals surface area contributed by atoms with Crippen LogP contribution in [0.5, 0.6) is 5.75 Å². The minimum absolute atomic E-state index is 0.0657. The molecular formula is C12H12F3NO3. The molecule has 4 nitrogen and oxygen atoms in total. The lowest BCUT2D eigenvalue weighted by Gasteiger charge is -2.20. The third kappa shape index (κ3) is 2.64. The Morgan fingerprint density at radius 1 is 1.47 bits per heavy atom. The first-order chi connectivity index (χ1) is 8.75. The largest absolute Gasteiger partial charge is 0.491 e. The van der Waals surface area contributed by atoms with Gasteiger partial charge in [0, 0.05) is 0 Å². The number of ether oxygens (including phenoxy) is 1. The fourth-order valence-corrected chi connectivity index (χ4v) is 1.70. The normalized spacial score (nSPS) is 17.1. The summed E-state index contributed by atoms with van der Waals surface area (Å²) in [5.41, 5.74) is -1.65. The standard InChI is InChI=1S/C12H12F3NO3/c1-7-9(3-2-8(16-7)10(17)18)19-6-11(4-5-11)12(13,14)15/h2-3H,4-6H2,1H3,(H,17,18). The van der Waals surface area contributed by atoms with E-state index in [-0.39, 0.29) is 30.0 Å². The van der Waals surface area contributed by atoms with Crippen molar-refractivity contribution in [2.45, 2.75) is 25.9 Å². The molecule has 0 unspecified atom stereocenters. The number of carboxylic acids is 1. The number of halogens is 3. The van der Waals surface area contributed by atoms with Crippen molar-refractivity contribution in [3.8, 4) is 5.75 Å². The second-order valence-corrected chi connectivity index (χ2v) is 4.65. The highest BCUT2D eigenvalue weighted by atomic mass is 19.4. The first kappa shape index (κ1) is 13.6. The van der Waals surface area contributed by atoms with E-state index in [0.29, 0.717) is 0 Å². The molecule has 0 amide bonds. The van der Waals surface area contributed by atoms with Crippen molar-refractivity contribution < 1.29 is 27.8 Å². The van der Waals surface area contributed by atoms with E-state index in [9.17, 15) is 18.0 Å². The van der Waals surface area contributed by atoms with Gasteiger partial charge < -0.3 is 9.84 Å². The fraction of sp³-hybridized carbons (Fsp3) is 0.500. The molecule has 1 N–H and O–H groups in total. The van der Waals surface area contributed by atoms with E-state index < -0.39 is 24.2 Å². The fourth-order valence-electron chi connectivity index (χ4n) is 1.70. The molecule has 1 aliphatic carbocycles. The lowest BCUT2D eigenvalue weighted by molar-refractivity contribution is -0.194. The molecule has 0 aromatic carbocycles. The summed E-state index contributed by atoms with van der Waals surface area (Å²) in [6.45, 7) is 1.04. The molecule has 0 saturated heterocycles. The Morgan fingerprint density at radius 3 is 2.53 bits per heavy atom. The number of carboxylic acid groups (broad SMARTS) is 1. The molecule has 0 spiro atoms. The molecule has 1 fully saturated rings. The summed E-state index contributed by atoms with van der Waals surface area (Å²) >= 11 is 0. The van der Waals surface area contributed by atoms with Gasteiger partial charge in [-0.15, -0.1) is 0 Å². The average Bonchev–Trinajstić information content (AvgIpc) is 3.07. The van der Waals surface area contributed by atoms with Crippen LogP contribution in [-0.2, 0) is 0 Å². The van der Waals surface area contributed by atoms with E-state index >= 15 is 0 Å². The van der Waals surface area contributed by atoms with Crippen LogP contribution in [0.2, 0.25) is 0 Å². The smallest absolute Gasteiger partial charge is 0.397 e. The number of rotatable bonds is 4. The molecule has 2 rings (SSSR count). The summed E-state index contributed by atoms with van der Waals surface area (Å²) in [5.74, 6) is -1.01. The number of aromatic carboxylic acids is 1. The quantitative estimate of drug-likeness (QED) is 0.917. The van der Waals surface area contributed by atoms with Crippen molar-refractivity contribution in [3.63, 3.8) is 0 Å². The van der Waals surface area contributed by atoms with Crippen LogP contribution in [0.3, 0.4) is 0 Å². The zero-order chi connectivity index (χ0) is 14.3. The predicted octanol–water partition coefficient (Wildman–Crippen LogP) is 2.81. The molecule has 1 aliphatic rings. The summed E-state index contributed by atoms with van der Waals surface area (Å²) in [4.78, 5) is 14.4. The van der Waals surface area contributed by atoms with Gasteiger partial charge in [0.05, 0.1) is 5.69 Å². The van der Waals surface area contributed by atoms with Crippen LogP contribution < -0.4 is 4.74 Å². The van der Waals surface area contributed by atoms with E-state index in [1.165, 1.54) is 19.1 Å². The highest BCUT2D eigenvalue weighted by Crippen LogP contribution is 2.57. The van der Waals surface area contributed by atoms with Gasteiger partial charge in [0.15, 0.2) is 0 Å². The lowest BCUT2D eigenvalue weighted by atomic mass is 10.1. The molecule has 0 radical (unpaired) electrons. The van der Waals surface area contributed by atoms with Crippen molar-refractivity contribution in [1.29, 1.82) is 0 Å². The molecular weight excluding hydrogens is 263 g/mol. The molecule has 0 bridgehead atoms. The molecule has 104 valence electrons. The van der Waals surface area contributed by atoms with Crippen molar-refractivity contribution in [2.75, 3.05) is 6.61 Å². The molecule has 1 heterocycles. The number of alkyl halides is 3. The van der Waals surface area contributed by atoms with E-state index in [1.54, 1.807) is 0 Å². The lowest BCUT2D eigenvalue weighted by Crippen LogP contribution is -2.30. The van der Waals surface area contributed by atoms with Gasteiger partial charge in [-0.1, -0.05) is 0 Å². The number of hydrogen-bond donors (Lipinski definition) is 1. The molecule has 0 atom stereocenters. The Kier molecular flexibility index (Phi) is 3.15. The van der Waals surface area contributed by atoms with Crippen LogP contribution >= 0.6 is 0 Å². The van der Waals surface area contributed by atoms with Gasteiger partial charge in [-0.2, -0.15) is 13.2 Å². The van der Waals surface area contributed by atoms with Gasteiger partial charge in [-0.05, 0) is 31.9 Å². The number of nitrogens with zero attached hydrogens (tertiary/aromatic N) is 1. The molecule has 19 heavy (non-hydrogen) atoms. The molecule has 0 aliphatic heterocycles. The Labute approximate surface area is 107 Å². The summed E-state index contributed by atoms with van der Waals surface area (Å²) in [6.07, 6.45) is -4.14. The Bertz CT molecular complexity index is 509. The van der Waals surface area contributed by atoms with Crippen LogP contribution in [0, 0.1) is 12.3 Å². The number of aromatic nitrogens is 1. The third-order valence-electron chi connectivity index (χ3n) is 3.22. The molecule has 1 saturated carbocycles. The maximum atomic E-state index is 12.7. The summed E-state index contributed by atoms with van der Waals surface area (Å²) in [6, 6.07) is 2.54. The van der Waals surface area contributed by atoms with E-state index in [1.807, 2.05) is 0 Å². The van der Waals surface area contributed by atoms with Crippen molar-refractivity contribution in [3.05, 3.63) is 23.5 Å². The van der Waals surface area contributed by atoms with Gasteiger partial charge in [-0.25, -0.2) is 9.78 Å². The average molecular weight is 275 g/mol. The first-order valence-corrected chi connectivity index (χ1v) is 5.66. The number of carbonyl (C=O) groups is 1. The van der Waals surface area contributed by atoms with E-state index in [0.717, 1.165) is 0 Å². The van der Waals surface area contributed by atoms with Gasteiger partial charge in [0.25, 0.3) is 0 Å². The number of hydrogen-bond acceptors (Lipinski definition) is 3. The minimum atomic E-state index is -4.27. The highest BCUT2D eigenvalue weighted by Gasteiger charge is 2.63. The maximum Gasteiger partial charge on any atom is 0.397 e. The van der Waals surface area contributed by atoms with Crippen molar-refractivity contribution in [1.82, 2.24) is 4.98 Å². The zero-order valence-corrected chi connectivity index (χ0v) is 10.1. The van der Waals surface area contributed by atoms with E-state index in [4.69, 9.17) is 9.84 Å². The highest BCUT2D eigenvalue weighted by molar-refractivity contribution is 5.85. The third-order valence-corrected chi connectivity index (χ3v) is 3.22. The second kappa shape index (κ2) is 4.40. The summed E-state index contributed by atoms with van der Waals surface area (Å²) in [7, 11) is 0. The predicted molar refractivity (Wildman–Crippen MR) is 59.2 cm³/mol. The number of aryl methyl sites for hydroxylation is 1. The van der Waals surface area contributed by atoms with Gasteiger partial charge in [0.2, 0.25) is 0 Å². The summed E-state index contributed by atoms with van der Waals surface area (Å²) in [5, 5.41) is 8.72. The first-order valence-electron chi connectivity index (χ1n) is 5.66. The van der Waals surface area contributed by atoms with Crippen molar-refractivity contribution in [2.24, 2.45) is 5.41 Å². The van der Waals surface area contributed by atoms with Gasteiger partial charge in [0.1, 0.15) is 23.5 Å². The van der Waals surface area contributed by atoms with Crippen molar-refractivity contribution >= 4 is 5.97 Å². The Morgan fingerprint density at radius 2 is 2.11 bits per heavy atom. The second-order valence-electron chi connectivity index (χ2n) is 4.65. The monoisotopic (exact) mass is 275 g/mol. The maximum absolute atomic E-state index is 12.7. The Hall–Kier alpha value is -1.79. The SMILES string of the molecule is Cc1nc(C(=O)O)ccc1OCC1(C(F)(F)F)CC1. The van der Waals surface area contributed by atoms with Gasteiger partial charge in [-0.3, -0.25) is 0 Å². The van der Waals surface area contributed by atoms with Crippen LogP contribution in [0.25, 0.3) is 0 Å². The van der Waals surface area contributed by atoms with Crippen LogP contribution in [-0.4, -0.2) is 28.8 Å².